The summed E-state index contributed by atoms with van der Waals surface area (Å²) in [5.41, 5.74) is 15.0. The molecule has 1 heteroatoms. The van der Waals surface area contributed by atoms with Crippen molar-refractivity contribution < 1.29 is 0 Å². The van der Waals surface area contributed by atoms with Crippen LogP contribution in [0.15, 0.2) is 170 Å². The van der Waals surface area contributed by atoms with Gasteiger partial charge >= 0.3 is 0 Å². The SMILES string of the molecule is Cc1ccc(-c2ccc(N(c3ccc(-c4cc5ccccc5c5ccccc45)cc3)c3ccc4c(c3)C(C)(C)c3ccccc3-4)cc2)cc1. The van der Waals surface area contributed by atoms with Crippen molar-refractivity contribution in [3.8, 4) is 33.4 Å². The molecule has 8 aromatic carbocycles. The quantitative estimate of drug-likeness (QED) is 0.172. The van der Waals surface area contributed by atoms with Crippen LogP contribution in [0.1, 0.15) is 30.5 Å². The molecule has 0 spiro atoms. The van der Waals surface area contributed by atoms with E-state index < -0.39 is 0 Å². The zero-order valence-electron chi connectivity index (χ0n) is 28.1. The maximum absolute atomic E-state index is 2.41. The van der Waals surface area contributed by atoms with E-state index in [0.29, 0.717) is 0 Å². The molecule has 0 aromatic heterocycles. The van der Waals surface area contributed by atoms with Crippen molar-refractivity contribution in [3.63, 3.8) is 0 Å². The van der Waals surface area contributed by atoms with E-state index >= 15 is 0 Å². The van der Waals surface area contributed by atoms with Crippen LogP contribution in [0, 0.1) is 6.92 Å². The van der Waals surface area contributed by atoms with E-state index in [4.69, 9.17) is 0 Å². The molecule has 234 valence electrons. The number of benzene rings is 8. The third kappa shape index (κ3) is 4.85. The number of nitrogens with zero attached hydrogens (tertiary/aromatic N) is 1. The minimum atomic E-state index is -0.0795. The number of hydrogen-bond acceptors (Lipinski definition) is 1. The van der Waals surface area contributed by atoms with E-state index in [1.54, 1.807) is 0 Å². The molecule has 49 heavy (non-hydrogen) atoms. The third-order valence-corrected chi connectivity index (χ3v) is 10.5. The van der Waals surface area contributed by atoms with Crippen molar-refractivity contribution >= 4 is 38.6 Å². The minimum Gasteiger partial charge on any atom is -0.310 e. The second-order valence-corrected chi connectivity index (χ2v) is 13.9. The summed E-state index contributed by atoms with van der Waals surface area (Å²) >= 11 is 0. The van der Waals surface area contributed by atoms with Gasteiger partial charge in [-0.2, -0.15) is 0 Å². The van der Waals surface area contributed by atoms with E-state index in [2.05, 4.69) is 196 Å². The molecule has 8 aromatic rings. The van der Waals surface area contributed by atoms with E-state index in [1.165, 1.54) is 71.6 Å². The molecule has 0 saturated carbocycles. The van der Waals surface area contributed by atoms with Gasteiger partial charge in [-0.3, -0.25) is 0 Å². The van der Waals surface area contributed by atoms with Crippen LogP contribution in [-0.2, 0) is 5.41 Å². The predicted molar refractivity (Wildman–Crippen MR) is 209 cm³/mol. The standard InChI is InChI=1S/C48H37N/c1-32-16-18-33(19-17-32)34-20-24-37(25-21-34)49(39-28-29-44-43-14-8-9-15-46(43)48(2,3)47(44)31-39)38-26-22-35(23-27-38)45-30-36-10-4-5-11-40(36)41-12-6-7-13-42(41)45/h4-31H,1-3H3. The first-order valence-corrected chi connectivity index (χ1v) is 17.2. The van der Waals surface area contributed by atoms with Crippen LogP contribution in [0.3, 0.4) is 0 Å². The maximum atomic E-state index is 2.41. The van der Waals surface area contributed by atoms with Gasteiger partial charge in [0.2, 0.25) is 0 Å². The van der Waals surface area contributed by atoms with Crippen LogP contribution in [0.5, 0.6) is 0 Å². The minimum absolute atomic E-state index is 0.0795. The smallest absolute Gasteiger partial charge is 0.0465 e. The van der Waals surface area contributed by atoms with Crippen molar-refractivity contribution in [1.29, 1.82) is 0 Å². The fraction of sp³-hybridized carbons (Fsp3) is 0.0833. The fourth-order valence-electron chi connectivity index (χ4n) is 7.91. The number of fused-ring (bicyclic) bond motifs is 6. The number of rotatable bonds is 5. The second-order valence-electron chi connectivity index (χ2n) is 13.9. The van der Waals surface area contributed by atoms with E-state index in [1.807, 2.05) is 0 Å². The first-order valence-electron chi connectivity index (χ1n) is 17.2. The summed E-state index contributed by atoms with van der Waals surface area (Å²) in [4.78, 5) is 2.40. The zero-order chi connectivity index (χ0) is 33.1. The highest BCUT2D eigenvalue weighted by molar-refractivity contribution is 6.13. The zero-order valence-corrected chi connectivity index (χ0v) is 28.1. The lowest BCUT2D eigenvalue weighted by atomic mass is 9.82. The van der Waals surface area contributed by atoms with Gasteiger partial charge in [0.25, 0.3) is 0 Å². The summed E-state index contributed by atoms with van der Waals surface area (Å²) < 4.78 is 0. The molecule has 9 rings (SSSR count). The highest BCUT2D eigenvalue weighted by atomic mass is 15.1. The van der Waals surface area contributed by atoms with Gasteiger partial charge in [0.05, 0.1) is 0 Å². The van der Waals surface area contributed by atoms with Crippen LogP contribution in [0.2, 0.25) is 0 Å². The Balaban J connectivity index is 1.17. The van der Waals surface area contributed by atoms with Crippen LogP contribution in [0.4, 0.5) is 17.1 Å². The molecule has 1 nitrogen and oxygen atoms in total. The molecule has 0 N–H and O–H groups in total. The molecule has 0 fully saturated rings. The van der Waals surface area contributed by atoms with Crippen LogP contribution < -0.4 is 4.90 Å². The lowest BCUT2D eigenvalue weighted by Gasteiger charge is -2.28. The molecule has 0 atom stereocenters. The Hall–Kier alpha value is -5.92. The summed E-state index contributed by atoms with van der Waals surface area (Å²) in [6.45, 7) is 6.84. The normalized spacial score (nSPS) is 13.0. The summed E-state index contributed by atoms with van der Waals surface area (Å²) in [6, 6.07) is 62.6. The van der Waals surface area contributed by atoms with Gasteiger partial charge in [0, 0.05) is 22.5 Å². The summed E-state index contributed by atoms with van der Waals surface area (Å²) in [7, 11) is 0. The largest absolute Gasteiger partial charge is 0.310 e. The number of aryl methyl sites for hydroxylation is 1. The predicted octanol–water partition coefficient (Wildman–Crippen LogP) is 13.4. The molecule has 0 heterocycles. The van der Waals surface area contributed by atoms with Gasteiger partial charge in [0.1, 0.15) is 0 Å². The average molecular weight is 628 g/mol. The molecular formula is C48H37N. The highest BCUT2D eigenvalue weighted by Gasteiger charge is 2.35. The van der Waals surface area contributed by atoms with Gasteiger partial charge in [-0.15, -0.1) is 0 Å². The van der Waals surface area contributed by atoms with Crippen molar-refractivity contribution in [2.45, 2.75) is 26.2 Å². The molecular weight excluding hydrogens is 591 g/mol. The summed E-state index contributed by atoms with van der Waals surface area (Å²) in [5, 5.41) is 5.12. The second kappa shape index (κ2) is 11.4. The molecule has 0 aliphatic heterocycles. The number of hydrogen-bond donors (Lipinski definition) is 0. The van der Waals surface area contributed by atoms with Gasteiger partial charge in [-0.25, -0.2) is 0 Å². The maximum Gasteiger partial charge on any atom is 0.0465 e. The fourth-order valence-corrected chi connectivity index (χ4v) is 7.91. The van der Waals surface area contributed by atoms with Gasteiger partial charge in [0.15, 0.2) is 0 Å². The van der Waals surface area contributed by atoms with Crippen molar-refractivity contribution in [3.05, 3.63) is 187 Å². The van der Waals surface area contributed by atoms with Gasteiger partial charge in [-0.05, 0) is 115 Å². The Bertz CT molecular complexity index is 2500. The first kappa shape index (κ1) is 29.2. The average Bonchev–Trinajstić information content (AvgIpc) is 3.38. The highest BCUT2D eigenvalue weighted by Crippen LogP contribution is 2.50. The van der Waals surface area contributed by atoms with Gasteiger partial charge in [-0.1, -0.05) is 147 Å². The van der Waals surface area contributed by atoms with Crippen molar-refractivity contribution in [2.24, 2.45) is 0 Å². The topological polar surface area (TPSA) is 3.24 Å². The van der Waals surface area contributed by atoms with Gasteiger partial charge < -0.3 is 4.90 Å². The Morgan fingerprint density at radius 2 is 0.918 bits per heavy atom. The Morgan fingerprint density at radius 3 is 1.63 bits per heavy atom. The Morgan fingerprint density at radius 1 is 0.388 bits per heavy atom. The van der Waals surface area contributed by atoms with Crippen molar-refractivity contribution in [1.82, 2.24) is 0 Å². The molecule has 0 radical (unpaired) electrons. The number of anilines is 3. The summed E-state index contributed by atoms with van der Waals surface area (Å²) in [6.07, 6.45) is 0. The molecule has 0 amide bonds. The molecule has 1 aliphatic rings. The van der Waals surface area contributed by atoms with Crippen molar-refractivity contribution in [2.75, 3.05) is 4.90 Å². The van der Waals surface area contributed by atoms with E-state index in [-0.39, 0.29) is 5.41 Å². The van der Waals surface area contributed by atoms with E-state index in [9.17, 15) is 0 Å². The molecule has 0 bridgehead atoms. The lowest BCUT2D eigenvalue weighted by Crippen LogP contribution is -2.16. The lowest BCUT2D eigenvalue weighted by molar-refractivity contribution is 0.660. The van der Waals surface area contributed by atoms with Crippen LogP contribution in [0.25, 0.3) is 54.9 Å². The monoisotopic (exact) mass is 627 g/mol. The molecule has 1 aliphatic carbocycles. The van der Waals surface area contributed by atoms with Crippen LogP contribution in [-0.4, -0.2) is 0 Å². The first-order chi connectivity index (χ1) is 24.0. The van der Waals surface area contributed by atoms with Crippen LogP contribution >= 0.6 is 0 Å². The molecule has 0 saturated heterocycles. The molecule has 0 unspecified atom stereocenters. The Labute approximate surface area is 288 Å². The van der Waals surface area contributed by atoms with E-state index in [0.717, 1.165) is 17.1 Å². The third-order valence-electron chi connectivity index (χ3n) is 10.5. The summed E-state index contributed by atoms with van der Waals surface area (Å²) in [5.74, 6) is 0. The Kier molecular flexibility index (Phi) is 6.78.